The number of nitrogens with zero attached hydrogens (tertiary/aromatic N) is 3. The van der Waals surface area contributed by atoms with Gasteiger partial charge in [0.1, 0.15) is 0 Å². The molecule has 1 aromatic rings. The van der Waals surface area contributed by atoms with Crippen molar-refractivity contribution in [1.29, 1.82) is 0 Å². The van der Waals surface area contributed by atoms with Gasteiger partial charge < -0.3 is 9.88 Å². The summed E-state index contributed by atoms with van der Waals surface area (Å²) in [7, 11) is 0. The van der Waals surface area contributed by atoms with E-state index in [0.29, 0.717) is 0 Å². The van der Waals surface area contributed by atoms with E-state index >= 15 is 0 Å². The second-order valence-electron chi connectivity index (χ2n) is 4.15. The molecule has 1 aliphatic heterocycles. The highest BCUT2D eigenvalue weighted by Crippen LogP contribution is 2.06. The molecule has 84 valence electrons. The van der Waals surface area contributed by atoms with Crippen molar-refractivity contribution in [3.63, 3.8) is 0 Å². The smallest absolute Gasteiger partial charge is 0.0946 e. The summed E-state index contributed by atoms with van der Waals surface area (Å²) in [6.07, 6.45) is 7.00. The van der Waals surface area contributed by atoms with E-state index in [2.05, 4.69) is 26.7 Å². The lowest BCUT2D eigenvalue weighted by atomic mass is 10.1. The topological polar surface area (TPSA) is 33.1 Å². The van der Waals surface area contributed by atoms with Gasteiger partial charge in [0.25, 0.3) is 0 Å². The normalized spacial score (nSPS) is 16.9. The number of nitrogens with one attached hydrogen (secondary N) is 1. The molecule has 2 heterocycles. The molecular formula is C11H20N4. The van der Waals surface area contributed by atoms with E-state index in [0.717, 1.165) is 32.2 Å². The zero-order valence-corrected chi connectivity index (χ0v) is 9.39. The Kier molecular flexibility index (Phi) is 3.75. The van der Waals surface area contributed by atoms with Gasteiger partial charge in [-0.25, -0.2) is 4.98 Å². The SMILES string of the molecule is CCCN(CCn1ccnc1)C1CNC1. The van der Waals surface area contributed by atoms with Crippen LogP contribution in [0.2, 0.25) is 0 Å². The maximum Gasteiger partial charge on any atom is 0.0946 e. The van der Waals surface area contributed by atoms with Crippen molar-refractivity contribution in [3.8, 4) is 0 Å². The van der Waals surface area contributed by atoms with Crippen molar-refractivity contribution in [3.05, 3.63) is 18.7 Å². The molecule has 1 fully saturated rings. The molecule has 1 aliphatic rings. The highest BCUT2D eigenvalue weighted by atomic mass is 15.2. The molecule has 1 N–H and O–H groups in total. The monoisotopic (exact) mass is 208 g/mol. The van der Waals surface area contributed by atoms with Crippen molar-refractivity contribution in [2.75, 3.05) is 26.2 Å². The third kappa shape index (κ3) is 2.79. The molecule has 0 aromatic carbocycles. The Balaban J connectivity index is 1.78. The summed E-state index contributed by atoms with van der Waals surface area (Å²) in [6, 6.07) is 0.758. The minimum atomic E-state index is 0.758. The van der Waals surface area contributed by atoms with Crippen LogP contribution in [0.25, 0.3) is 0 Å². The number of hydrogen-bond donors (Lipinski definition) is 1. The van der Waals surface area contributed by atoms with Gasteiger partial charge in [-0.3, -0.25) is 4.90 Å². The summed E-state index contributed by atoms with van der Waals surface area (Å²) in [5, 5.41) is 3.33. The summed E-state index contributed by atoms with van der Waals surface area (Å²) >= 11 is 0. The van der Waals surface area contributed by atoms with Gasteiger partial charge in [-0.1, -0.05) is 6.92 Å². The molecule has 1 saturated heterocycles. The van der Waals surface area contributed by atoms with Gasteiger partial charge in [0, 0.05) is 44.6 Å². The van der Waals surface area contributed by atoms with E-state index in [9.17, 15) is 0 Å². The summed E-state index contributed by atoms with van der Waals surface area (Å²) in [5.74, 6) is 0. The van der Waals surface area contributed by atoms with Crippen LogP contribution in [0.4, 0.5) is 0 Å². The third-order valence-corrected chi connectivity index (χ3v) is 2.99. The maximum absolute atomic E-state index is 4.06. The molecule has 2 rings (SSSR count). The molecule has 4 nitrogen and oxygen atoms in total. The van der Waals surface area contributed by atoms with Crippen molar-refractivity contribution >= 4 is 0 Å². The van der Waals surface area contributed by atoms with Gasteiger partial charge in [-0.2, -0.15) is 0 Å². The zero-order chi connectivity index (χ0) is 10.5. The summed E-state index contributed by atoms with van der Waals surface area (Å²) in [4.78, 5) is 6.64. The Bertz CT molecular complexity index is 266. The third-order valence-electron chi connectivity index (χ3n) is 2.99. The van der Waals surface area contributed by atoms with Gasteiger partial charge in [-0.05, 0) is 13.0 Å². The molecule has 0 atom stereocenters. The van der Waals surface area contributed by atoms with Crippen LogP contribution < -0.4 is 5.32 Å². The second kappa shape index (κ2) is 5.28. The van der Waals surface area contributed by atoms with E-state index in [4.69, 9.17) is 0 Å². The van der Waals surface area contributed by atoms with Gasteiger partial charge in [-0.15, -0.1) is 0 Å². The second-order valence-corrected chi connectivity index (χ2v) is 4.15. The van der Waals surface area contributed by atoms with Crippen LogP contribution in [0.15, 0.2) is 18.7 Å². The van der Waals surface area contributed by atoms with Crippen LogP contribution >= 0.6 is 0 Å². The predicted octanol–water partition coefficient (Wildman–Crippen LogP) is 0.567. The molecule has 0 aliphatic carbocycles. The van der Waals surface area contributed by atoms with Crippen molar-refractivity contribution in [2.45, 2.75) is 25.9 Å². The number of aromatic nitrogens is 2. The molecular weight excluding hydrogens is 188 g/mol. The lowest BCUT2D eigenvalue weighted by Gasteiger charge is -2.38. The van der Waals surface area contributed by atoms with Crippen molar-refractivity contribution < 1.29 is 0 Å². The Morgan fingerprint density at radius 1 is 1.47 bits per heavy atom. The lowest BCUT2D eigenvalue weighted by Crippen LogP contribution is -2.57. The first kappa shape index (κ1) is 10.6. The van der Waals surface area contributed by atoms with Crippen LogP contribution in [0.1, 0.15) is 13.3 Å². The predicted molar refractivity (Wildman–Crippen MR) is 60.7 cm³/mol. The molecule has 0 unspecified atom stereocenters. The zero-order valence-electron chi connectivity index (χ0n) is 9.39. The summed E-state index contributed by atoms with van der Waals surface area (Å²) < 4.78 is 2.15. The Morgan fingerprint density at radius 2 is 2.33 bits per heavy atom. The van der Waals surface area contributed by atoms with Crippen LogP contribution in [-0.4, -0.2) is 46.7 Å². The van der Waals surface area contributed by atoms with Crippen LogP contribution in [0.3, 0.4) is 0 Å². The van der Waals surface area contributed by atoms with Crippen molar-refractivity contribution in [2.24, 2.45) is 0 Å². The fourth-order valence-electron chi connectivity index (χ4n) is 1.96. The highest BCUT2D eigenvalue weighted by molar-refractivity contribution is 4.85. The Labute approximate surface area is 91.3 Å². The maximum atomic E-state index is 4.06. The standard InChI is InChI=1S/C11H20N4/c1-2-4-15(11-8-13-9-11)7-6-14-5-3-12-10-14/h3,5,10-11,13H,2,4,6-9H2,1H3. The van der Waals surface area contributed by atoms with Crippen molar-refractivity contribution in [1.82, 2.24) is 19.8 Å². The Hall–Kier alpha value is -0.870. The van der Waals surface area contributed by atoms with E-state index in [-0.39, 0.29) is 0 Å². The molecule has 0 radical (unpaired) electrons. The minimum Gasteiger partial charge on any atom is -0.336 e. The van der Waals surface area contributed by atoms with Gasteiger partial charge >= 0.3 is 0 Å². The summed E-state index contributed by atoms with van der Waals surface area (Å²) in [5.41, 5.74) is 0. The Morgan fingerprint density at radius 3 is 2.87 bits per heavy atom. The molecule has 0 amide bonds. The molecule has 1 aromatic heterocycles. The highest BCUT2D eigenvalue weighted by Gasteiger charge is 2.23. The first-order valence-corrected chi connectivity index (χ1v) is 5.80. The first-order chi connectivity index (χ1) is 7.40. The summed E-state index contributed by atoms with van der Waals surface area (Å²) in [6.45, 7) is 7.96. The molecule has 0 saturated carbocycles. The van der Waals surface area contributed by atoms with E-state index in [1.165, 1.54) is 13.0 Å². The molecule has 0 spiro atoms. The fraction of sp³-hybridized carbons (Fsp3) is 0.727. The molecule has 15 heavy (non-hydrogen) atoms. The van der Waals surface area contributed by atoms with Crippen LogP contribution in [-0.2, 0) is 6.54 Å². The largest absolute Gasteiger partial charge is 0.336 e. The minimum absolute atomic E-state index is 0.758. The van der Waals surface area contributed by atoms with E-state index in [1.54, 1.807) is 0 Å². The molecule has 0 bridgehead atoms. The number of rotatable bonds is 6. The quantitative estimate of drug-likeness (QED) is 0.742. The fourth-order valence-corrected chi connectivity index (χ4v) is 1.96. The van der Waals surface area contributed by atoms with Gasteiger partial charge in [0.2, 0.25) is 0 Å². The average molecular weight is 208 g/mol. The van der Waals surface area contributed by atoms with Gasteiger partial charge in [0.15, 0.2) is 0 Å². The van der Waals surface area contributed by atoms with E-state index < -0.39 is 0 Å². The van der Waals surface area contributed by atoms with Crippen LogP contribution in [0.5, 0.6) is 0 Å². The number of imidazole rings is 1. The lowest BCUT2D eigenvalue weighted by molar-refractivity contribution is 0.140. The van der Waals surface area contributed by atoms with E-state index in [1.807, 2.05) is 18.7 Å². The number of hydrogen-bond acceptors (Lipinski definition) is 3. The van der Waals surface area contributed by atoms with Crippen LogP contribution in [0, 0.1) is 0 Å². The average Bonchev–Trinajstić information content (AvgIpc) is 2.64. The first-order valence-electron chi connectivity index (χ1n) is 5.80. The van der Waals surface area contributed by atoms with Gasteiger partial charge in [0.05, 0.1) is 6.33 Å². The molecule has 4 heteroatoms.